The molecule has 1 heterocycles. The second-order valence-corrected chi connectivity index (χ2v) is 9.70. The normalized spacial score (nSPS) is 17.2. The molecule has 1 amide bonds. The molecule has 2 aromatic rings. The smallest absolute Gasteiger partial charge is 0.243 e. The van der Waals surface area contributed by atoms with Crippen molar-refractivity contribution in [2.75, 3.05) is 32.6 Å². The minimum Gasteiger partial charge on any atom is -0.497 e. The van der Waals surface area contributed by atoms with Gasteiger partial charge in [0, 0.05) is 25.6 Å². The molecule has 1 aliphatic heterocycles. The van der Waals surface area contributed by atoms with E-state index in [2.05, 4.69) is 5.32 Å². The number of aryl methyl sites for hydroxylation is 1. The monoisotopic (exact) mass is 446 g/mol. The standard InChI is InChI=1S/C23H30N2O5S/c1-17-7-4-5-9-22(17)31(27,28)25-14-6-8-18(16-25)10-13-23(26)24-20-15-19(29-2)11-12-21(20)30-3/h4-5,7,9,11-12,15,18H,6,8,10,13-14,16H2,1-3H3,(H,24,26). The molecular weight excluding hydrogens is 416 g/mol. The summed E-state index contributed by atoms with van der Waals surface area (Å²) in [5.41, 5.74) is 1.30. The van der Waals surface area contributed by atoms with Crippen LogP contribution in [0.4, 0.5) is 5.69 Å². The van der Waals surface area contributed by atoms with Crippen molar-refractivity contribution in [3.8, 4) is 11.5 Å². The molecule has 0 bridgehead atoms. The average molecular weight is 447 g/mol. The van der Waals surface area contributed by atoms with E-state index in [0.717, 1.165) is 18.4 Å². The van der Waals surface area contributed by atoms with Crippen LogP contribution in [0.2, 0.25) is 0 Å². The molecule has 3 rings (SSSR count). The summed E-state index contributed by atoms with van der Waals surface area (Å²) in [5, 5.41) is 2.87. The second kappa shape index (κ2) is 10.2. The second-order valence-electron chi connectivity index (χ2n) is 7.79. The number of piperidine rings is 1. The molecular formula is C23H30N2O5S. The number of ether oxygens (including phenoxy) is 2. The van der Waals surface area contributed by atoms with E-state index >= 15 is 0 Å². The Balaban J connectivity index is 1.60. The Hall–Kier alpha value is -2.58. The van der Waals surface area contributed by atoms with Crippen LogP contribution in [-0.2, 0) is 14.8 Å². The van der Waals surface area contributed by atoms with Crippen molar-refractivity contribution in [2.45, 2.75) is 37.5 Å². The van der Waals surface area contributed by atoms with E-state index in [1.54, 1.807) is 48.9 Å². The number of carbonyl (C=O) groups is 1. The van der Waals surface area contributed by atoms with Crippen molar-refractivity contribution >= 4 is 21.6 Å². The minimum atomic E-state index is -3.53. The molecule has 31 heavy (non-hydrogen) atoms. The van der Waals surface area contributed by atoms with Gasteiger partial charge < -0.3 is 14.8 Å². The first kappa shape index (κ1) is 23.1. The summed E-state index contributed by atoms with van der Waals surface area (Å²) in [6, 6.07) is 12.3. The highest BCUT2D eigenvalue weighted by molar-refractivity contribution is 7.89. The Kier molecular flexibility index (Phi) is 7.56. The number of anilines is 1. The number of sulfonamides is 1. The fourth-order valence-corrected chi connectivity index (χ4v) is 5.71. The number of benzene rings is 2. The minimum absolute atomic E-state index is 0.134. The van der Waals surface area contributed by atoms with Crippen LogP contribution in [-0.4, -0.2) is 45.9 Å². The molecule has 1 aliphatic rings. The molecule has 7 nitrogen and oxygen atoms in total. The summed E-state index contributed by atoms with van der Waals surface area (Å²) >= 11 is 0. The van der Waals surface area contributed by atoms with Gasteiger partial charge in [0.2, 0.25) is 15.9 Å². The van der Waals surface area contributed by atoms with Crippen LogP contribution in [0.1, 0.15) is 31.2 Å². The molecule has 2 aromatic carbocycles. The fourth-order valence-electron chi connectivity index (χ4n) is 3.93. The van der Waals surface area contributed by atoms with Gasteiger partial charge in [-0.1, -0.05) is 18.2 Å². The lowest BCUT2D eigenvalue weighted by Crippen LogP contribution is -2.40. The summed E-state index contributed by atoms with van der Waals surface area (Å²) in [7, 11) is -0.420. The first-order valence-electron chi connectivity index (χ1n) is 10.4. The predicted octanol–water partition coefficient (Wildman–Crippen LogP) is 3.83. The molecule has 0 aliphatic carbocycles. The lowest BCUT2D eigenvalue weighted by atomic mass is 9.94. The molecule has 8 heteroatoms. The van der Waals surface area contributed by atoms with Crippen molar-refractivity contribution < 1.29 is 22.7 Å². The van der Waals surface area contributed by atoms with E-state index in [-0.39, 0.29) is 11.8 Å². The van der Waals surface area contributed by atoms with Gasteiger partial charge in [0.25, 0.3) is 0 Å². The van der Waals surface area contributed by atoms with E-state index in [4.69, 9.17) is 9.47 Å². The van der Waals surface area contributed by atoms with Crippen molar-refractivity contribution in [1.82, 2.24) is 4.31 Å². The van der Waals surface area contributed by atoms with E-state index in [1.807, 2.05) is 19.1 Å². The fraction of sp³-hybridized carbons (Fsp3) is 0.435. The van der Waals surface area contributed by atoms with Crippen molar-refractivity contribution in [2.24, 2.45) is 5.92 Å². The maximum Gasteiger partial charge on any atom is 0.243 e. The third-order valence-electron chi connectivity index (χ3n) is 5.65. The van der Waals surface area contributed by atoms with Crippen LogP contribution in [0.5, 0.6) is 11.5 Å². The topological polar surface area (TPSA) is 84.9 Å². The number of methoxy groups -OCH3 is 2. The molecule has 0 saturated carbocycles. The highest BCUT2D eigenvalue weighted by atomic mass is 32.2. The van der Waals surface area contributed by atoms with Gasteiger partial charge in [-0.2, -0.15) is 4.31 Å². The van der Waals surface area contributed by atoms with Gasteiger partial charge >= 0.3 is 0 Å². The summed E-state index contributed by atoms with van der Waals surface area (Å²) in [4.78, 5) is 12.9. The molecule has 0 aromatic heterocycles. The van der Waals surface area contributed by atoms with E-state index in [0.29, 0.717) is 48.0 Å². The molecule has 1 atom stereocenters. The zero-order valence-electron chi connectivity index (χ0n) is 18.3. The van der Waals surface area contributed by atoms with E-state index in [1.165, 1.54) is 0 Å². The zero-order chi connectivity index (χ0) is 22.4. The number of hydrogen-bond donors (Lipinski definition) is 1. The van der Waals surface area contributed by atoms with Gasteiger partial charge in [-0.05, 0) is 55.9 Å². The van der Waals surface area contributed by atoms with Gasteiger partial charge in [0.05, 0.1) is 24.8 Å². The lowest BCUT2D eigenvalue weighted by molar-refractivity contribution is -0.116. The Labute approximate surface area is 184 Å². The van der Waals surface area contributed by atoms with Gasteiger partial charge in [0.1, 0.15) is 11.5 Å². The highest BCUT2D eigenvalue weighted by Gasteiger charge is 2.31. The van der Waals surface area contributed by atoms with Crippen LogP contribution in [0.3, 0.4) is 0 Å². The van der Waals surface area contributed by atoms with E-state index in [9.17, 15) is 13.2 Å². The van der Waals surface area contributed by atoms with Crippen LogP contribution in [0.15, 0.2) is 47.4 Å². The third kappa shape index (κ3) is 5.57. The molecule has 168 valence electrons. The first-order chi connectivity index (χ1) is 14.8. The van der Waals surface area contributed by atoms with Gasteiger partial charge in [0.15, 0.2) is 0 Å². The van der Waals surface area contributed by atoms with Crippen molar-refractivity contribution in [1.29, 1.82) is 0 Å². The number of carbonyl (C=O) groups excluding carboxylic acids is 1. The SMILES string of the molecule is COc1ccc(OC)c(NC(=O)CCC2CCCN(S(=O)(=O)c3ccccc3C)C2)c1. The summed E-state index contributed by atoms with van der Waals surface area (Å²) in [6.45, 7) is 2.76. The Morgan fingerprint density at radius 3 is 2.65 bits per heavy atom. The largest absolute Gasteiger partial charge is 0.497 e. The number of rotatable bonds is 8. The summed E-state index contributed by atoms with van der Waals surface area (Å²) in [5.74, 6) is 1.19. The van der Waals surface area contributed by atoms with E-state index < -0.39 is 10.0 Å². The Bertz CT molecular complexity index is 1020. The Morgan fingerprint density at radius 1 is 1.16 bits per heavy atom. The number of amides is 1. The number of hydrogen-bond acceptors (Lipinski definition) is 5. The quantitative estimate of drug-likeness (QED) is 0.666. The van der Waals surface area contributed by atoms with Crippen molar-refractivity contribution in [3.63, 3.8) is 0 Å². The number of nitrogens with one attached hydrogen (secondary N) is 1. The maximum absolute atomic E-state index is 13.1. The molecule has 1 N–H and O–H groups in total. The third-order valence-corrected chi connectivity index (χ3v) is 7.68. The first-order valence-corrected chi connectivity index (χ1v) is 11.9. The Morgan fingerprint density at radius 2 is 1.94 bits per heavy atom. The average Bonchev–Trinajstić information content (AvgIpc) is 2.78. The predicted molar refractivity (Wildman–Crippen MR) is 120 cm³/mol. The van der Waals surface area contributed by atoms with Crippen LogP contribution >= 0.6 is 0 Å². The van der Waals surface area contributed by atoms with Crippen LogP contribution < -0.4 is 14.8 Å². The van der Waals surface area contributed by atoms with Gasteiger partial charge in [-0.3, -0.25) is 4.79 Å². The summed E-state index contributed by atoms with van der Waals surface area (Å²) in [6.07, 6.45) is 2.64. The van der Waals surface area contributed by atoms with Gasteiger partial charge in [-0.25, -0.2) is 8.42 Å². The van der Waals surface area contributed by atoms with Crippen molar-refractivity contribution in [3.05, 3.63) is 48.0 Å². The molecule has 0 radical (unpaired) electrons. The summed E-state index contributed by atoms with van der Waals surface area (Å²) < 4.78 is 38.2. The molecule has 1 fully saturated rings. The van der Waals surface area contributed by atoms with Gasteiger partial charge in [-0.15, -0.1) is 0 Å². The maximum atomic E-state index is 13.1. The zero-order valence-corrected chi connectivity index (χ0v) is 19.1. The molecule has 0 spiro atoms. The molecule has 1 saturated heterocycles. The molecule has 1 unspecified atom stereocenters. The highest BCUT2D eigenvalue weighted by Crippen LogP contribution is 2.30. The number of nitrogens with zero attached hydrogens (tertiary/aromatic N) is 1. The van der Waals surface area contributed by atoms with Crippen LogP contribution in [0, 0.1) is 12.8 Å². The lowest BCUT2D eigenvalue weighted by Gasteiger charge is -2.32. The van der Waals surface area contributed by atoms with Crippen LogP contribution in [0.25, 0.3) is 0 Å².